The molecule has 0 radical (unpaired) electrons. The van der Waals surface area contributed by atoms with Gasteiger partial charge in [-0.15, -0.1) is 0 Å². The van der Waals surface area contributed by atoms with Gasteiger partial charge >= 0.3 is 0 Å². The molecule has 7 nitrogen and oxygen atoms in total. The van der Waals surface area contributed by atoms with E-state index < -0.39 is 0 Å². The Bertz CT molecular complexity index is 8310. The topological polar surface area (TPSA) is 66.3 Å². The van der Waals surface area contributed by atoms with Crippen molar-refractivity contribution in [2.75, 3.05) is 0 Å². The molecule has 7 aromatic heterocycles. The van der Waals surface area contributed by atoms with E-state index in [4.69, 9.17) is 19.9 Å². The monoisotopic (exact) mass is 1680 g/mol. The van der Waals surface area contributed by atoms with Gasteiger partial charge in [0, 0.05) is 93.5 Å². The number of pyridine rings is 4. The van der Waals surface area contributed by atoms with Gasteiger partial charge in [-0.05, 0) is 183 Å². The number of benzene rings is 17. The fraction of sp³-hybridized carbons (Fsp3) is 0.0240. The van der Waals surface area contributed by atoms with Crippen molar-refractivity contribution in [1.82, 2.24) is 33.6 Å². The third kappa shape index (κ3) is 13.9. The van der Waals surface area contributed by atoms with Gasteiger partial charge in [-0.3, -0.25) is 0 Å². The zero-order chi connectivity index (χ0) is 87.7. The zero-order valence-corrected chi connectivity index (χ0v) is 72.7. The van der Waals surface area contributed by atoms with Gasteiger partial charge in [0.2, 0.25) is 0 Å². The molecule has 1 aliphatic rings. The van der Waals surface area contributed by atoms with Crippen molar-refractivity contribution in [1.29, 1.82) is 0 Å². The summed E-state index contributed by atoms with van der Waals surface area (Å²) in [6.45, 7) is 4.73. The molecule has 1 aliphatic carbocycles. The molecule has 0 saturated heterocycles. The molecule has 0 fully saturated rings. The van der Waals surface area contributed by atoms with Crippen LogP contribution in [0.1, 0.15) is 25.0 Å². The third-order valence-electron chi connectivity index (χ3n) is 26.5. The fourth-order valence-corrected chi connectivity index (χ4v) is 20.2. The van der Waals surface area contributed by atoms with Gasteiger partial charge in [-0.2, -0.15) is 0 Å². The smallest absolute Gasteiger partial charge is 0.0737 e. The molecule has 0 bridgehead atoms. The van der Waals surface area contributed by atoms with Crippen molar-refractivity contribution >= 4 is 65.4 Å². The normalized spacial score (nSPS) is 12.1. The molecule has 0 atom stereocenters. The molecule has 0 saturated carbocycles. The zero-order valence-electron chi connectivity index (χ0n) is 72.7. The van der Waals surface area contributed by atoms with Crippen LogP contribution in [0.5, 0.6) is 0 Å². The molecule has 0 aliphatic heterocycles. The standard InChI is InChI=1S/C64H42N4.C61H43N3/c1-6-20-43(21-7-1)48-39-56(46-26-12-4-13-27-46)66-57(42-48)53-38-47(49-40-54(44-22-8-2-9-23-44)65-55(41-49)45-24-10-3-11-25-45)34-35-60(53)68-59-33-19-17-31-52(59)64-62(68)37-36-61-63(64)51-30-16-18-32-58(51)67(61)50-28-14-5-15-29-50;1-61(2)50-29-17-15-27-47(50)59-51(61)32-34-58-60(59)48-28-16-18-30-56(48)64(58)57-33-31-44(45-36-52(40-19-7-3-8-20-40)62-53(37-45)41-21-9-4-10-22-41)35-49(57)46-38-54(42-23-11-5-12-24-42)63-55(39-46)43-25-13-6-14-26-43/h1-42H;3-39H,1-2H3. The molecule has 17 aromatic carbocycles. The number of fused-ring (bicyclic) bond motifs is 14. The molecule has 0 spiro atoms. The second-order valence-electron chi connectivity index (χ2n) is 34.7. The molecule has 7 heteroatoms. The Labute approximate surface area is 766 Å². The predicted octanol–water partition coefficient (Wildman–Crippen LogP) is 32.6. The highest BCUT2D eigenvalue weighted by molar-refractivity contribution is 6.29. The minimum Gasteiger partial charge on any atom is -0.309 e. The second-order valence-corrected chi connectivity index (χ2v) is 34.7. The van der Waals surface area contributed by atoms with Crippen molar-refractivity contribution in [3.63, 3.8) is 0 Å². The summed E-state index contributed by atoms with van der Waals surface area (Å²) in [7, 11) is 0. The quantitative estimate of drug-likeness (QED) is 0.103. The van der Waals surface area contributed by atoms with E-state index in [2.05, 4.69) is 507 Å². The summed E-state index contributed by atoms with van der Waals surface area (Å²) in [5.74, 6) is 0. The van der Waals surface area contributed by atoms with Crippen LogP contribution in [0, 0.1) is 0 Å². The van der Waals surface area contributed by atoms with E-state index in [-0.39, 0.29) is 5.41 Å². The fourth-order valence-electron chi connectivity index (χ4n) is 20.2. The summed E-state index contributed by atoms with van der Waals surface area (Å²) in [5, 5.41) is 7.43. The lowest BCUT2D eigenvalue weighted by atomic mass is 9.82. The van der Waals surface area contributed by atoms with Crippen LogP contribution in [0.15, 0.2) is 479 Å². The Morgan fingerprint density at radius 1 is 0.174 bits per heavy atom. The van der Waals surface area contributed by atoms with Crippen LogP contribution in [0.4, 0.5) is 0 Å². The molecule has 620 valence electrons. The van der Waals surface area contributed by atoms with Crippen LogP contribution in [0.2, 0.25) is 0 Å². The maximum atomic E-state index is 5.59. The Hall–Kier alpha value is -17.3. The van der Waals surface area contributed by atoms with E-state index >= 15 is 0 Å². The molecule has 132 heavy (non-hydrogen) atoms. The molecule has 25 rings (SSSR count). The summed E-state index contributed by atoms with van der Waals surface area (Å²) in [6.07, 6.45) is 0. The summed E-state index contributed by atoms with van der Waals surface area (Å²) in [5.41, 5.74) is 40.2. The van der Waals surface area contributed by atoms with Gasteiger partial charge in [-0.25, -0.2) is 19.9 Å². The van der Waals surface area contributed by atoms with E-state index in [1.54, 1.807) is 0 Å². The van der Waals surface area contributed by atoms with Gasteiger partial charge in [0.25, 0.3) is 0 Å². The number of hydrogen-bond donors (Lipinski definition) is 0. The maximum absolute atomic E-state index is 5.59. The van der Waals surface area contributed by atoms with E-state index in [0.717, 1.165) is 163 Å². The average molecular weight is 1690 g/mol. The third-order valence-corrected chi connectivity index (χ3v) is 26.5. The first kappa shape index (κ1) is 78.2. The van der Waals surface area contributed by atoms with Gasteiger partial charge in [-0.1, -0.05) is 372 Å². The van der Waals surface area contributed by atoms with Crippen molar-refractivity contribution in [3.8, 4) is 163 Å². The number of nitrogens with zero attached hydrogens (tertiary/aromatic N) is 7. The highest BCUT2D eigenvalue weighted by atomic mass is 15.0. The molecule has 24 aromatic rings. The molecular weight excluding hydrogens is 1600 g/mol. The maximum Gasteiger partial charge on any atom is 0.0737 e. The molecule has 0 amide bonds. The first-order valence-corrected chi connectivity index (χ1v) is 45.2. The van der Waals surface area contributed by atoms with Crippen LogP contribution >= 0.6 is 0 Å². The van der Waals surface area contributed by atoms with Crippen molar-refractivity contribution in [2.24, 2.45) is 0 Å². The predicted molar refractivity (Wildman–Crippen MR) is 550 cm³/mol. The first-order valence-electron chi connectivity index (χ1n) is 45.2. The van der Waals surface area contributed by atoms with Gasteiger partial charge in [0.1, 0.15) is 0 Å². The minimum absolute atomic E-state index is 0.114. The van der Waals surface area contributed by atoms with Crippen LogP contribution in [0.25, 0.3) is 228 Å². The summed E-state index contributed by atoms with van der Waals surface area (Å²) < 4.78 is 7.37. The van der Waals surface area contributed by atoms with E-state index in [1.807, 2.05) is 0 Å². The highest BCUT2D eigenvalue weighted by Gasteiger charge is 2.38. The molecule has 0 N–H and O–H groups in total. The lowest BCUT2D eigenvalue weighted by Gasteiger charge is -2.21. The number of rotatable bonds is 15. The minimum atomic E-state index is -0.114. The lowest BCUT2D eigenvalue weighted by molar-refractivity contribution is 0.661. The van der Waals surface area contributed by atoms with Gasteiger partial charge < -0.3 is 13.7 Å². The van der Waals surface area contributed by atoms with Gasteiger partial charge in [0.15, 0.2) is 0 Å². The lowest BCUT2D eigenvalue weighted by Crippen LogP contribution is -2.14. The first-order chi connectivity index (χ1) is 65.2. The van der Waals surface area contributed by atoms with Crippen molar-refractivity contribution in [2.45, 2.75) is 19.3 Å². The van der Waals surface area contributed by atoms with Crippen molar-refractivity contribution < 1.29 is 0 Å². The van der Waals surface area contributed by atoms with Crippen LogP contribution < -0.4 is 0 Å². The van der Waals surface area contributed by atoms with Crippen LogP contribution in [-0.4, -0.2) is 33.6 Å². The number of aromatic nitrogens is 7. The van der Waals surface area contributed by atoms with Gasteiger partial charge in [0.05, 0.1) is 90.0 Å². The highest BCUT2D eigenvalue weighted by Crippen LogP contribution is 2.55. The molecule has 7 heterocycles. The Morgan fingerprint density at radius 2 is 0.462 bits per heavy atom. The average Bonchev–Trinajstić information content (AvgIpc) is 1.55. The van der Waals surface area contributed by atoms with E-state index in [0.29, 0.717) is 0 Å². The van der Waals surface area contributed by atoms with E-state index in [1.165, 1.54) is 76.6 Å². The number of hydrogen-bond acceptors (Lipinski definition) is 4. The molecular formula is C125H85N7. The Balaban J connectivity index is 0.000000146. The van der Waals surface area contributed by atoms with Crippen LogP contribution in [-0.2, 0) is 5.41 Å². The summed E-state index contributed by atoms with van der Waals surface area (Å²) >= 11 is 0. The SMILES string of the molecule is CC1(C)c2ccccc2-c2c1ccc1c2c2ccccc2n1-c1ccc(-c2cc(-c3ccccc3)nc(-c3ccccc3)c2)cc1-c1cc(-c2ccccc2)nc(-c2ccccc2)c1.c1ccc(-c2cc(-c3ccccc3)nc(-c3cc(-c4cc(-c5ccccc5)nc(-c5ccccc5)c4)ccc3-n3c4ccccc4c4c5c6ccccc6n(-c6ccccc6)c5ccc43)c2)cc1. The molecule has 0 unspecified atom stereocenters. The number of para-hydroxylation sites is 4. The summed E-state index contributed by atoms with van der Waals surface area (Å²) in [6, 6.07) is 172. The van der Waals surface area contributed by atoms with Crippen molar-refractivity contribution in [3.05, 3.63) is 490 Å². The Kier molecular flexibility index (Phi) is 19.5. The Morgan fingerprint density at radius 3 is 0.879 bits per heavy atom. The van der Waals surface area contributed by atoms with E-state index in [9.17, 15) is 0 Å². The van der Waals surface area contributed by atoms with Crippen LogP contribution in [0.3, 0.4) is 0 Å². The second kappa shape index (κ2) is 32.9. The summed E-state index contributed by atoms with van der Waals surface area (Å²) in [4.78, 5) is 21.4. The largest absolute Gasteiger partial charge is 0.309 e.